The van der Waals surface area contributed by atoms with Crippen LogP contribution in [0.2, 0.25) is 0 Å². The van der Waals surface area contributed by atoms with Gasteiger partial charge in [-0.05, 0) is 46.7 Å². The van der Waals surface area contributed by atoms with Gasteiger partial charge in [-0.15, -0.1) is 0 Å². The summed E-state index contributed by atoms with van der Waals surface area (Å²) in [7, 11) is 0. The van der Waals surface area contributed by atoms with Crippen molar-refractivity contribution in [1.82, 2.24) is 20.9 Å². The normalized spacial score (nSPS) is 17.0. The van der Waals surface area contributed by atoms with E-state index in [1.165, 1.54) is 0 Å². The lowest BCUT2D eigenvalue weighted by Gasteiger charge is -2.33. The van der Waals surface area contributed by atoms with Crippen LogP contribution in [0.3, 0.4) is 0 Å². The lowest BCUT2D eigenvalue weighted by Crippen LogP contribution is -2.49. The third-order valence-electron chi connectivity index (χ3n) is 7.99. The van der Waals surface area contributed by atoms with E-state index in [9.17, 15) is 9.59 Å². The van der Waals surface area contributed by atoms with Crippen LogP contribution in [-0.2, 0) is 16.0 Å². The quantitative estimate of drug-likeness (QED) is 0.104. The van der Waals surface area contributed by atoms with Gasteiger partial charge in [0.25, 0.3) is 0 Å². The lowest BCUT2D eigenvalue weighted by molar-refractivity contribution is -0.134. The Bertz CT molecular complexity index is 1490. The van der Waals surface area contributed by atoms with Gasteiger partial charge in [0, 0.05) is 25.7 Å². The molecule has 4 aromatic rings. The number of carbonyl (C=O) groups is 2. The summed E-state index contributed by atoms with van der Waals surface area (Å²) in [5.74, 6) is -0.0920. The molecule has 43 heavy (non-hydrogen) atoms. The number of nitrogens with one attached hydrogen (secondary N) is 4. The third kappa shape index (κ3) is 7.99. The Hall–Kier alpha value is -4.69. The fourth-order valence-corrected chi connectivity index (χ4v) is 5.85. The first-order valence-electron chi connectivity index (χ1n) is 15.0. The largest absolute Gasteiger partial charge is 0.370 e. The predicted molar refractivity (Wildman–Crippen MR) is 172 cm³/mol. The summed E-state index contributed by atoms with van der Waals surface area (Å²) in [4.78, 5) is 29.2. The molecule has 1 aliphatic heterocycles. The second-order valence-corrected chi connectivity index (χ2v) is 11.1. The van der Waals surface area contributed by atoms with Crippen molar-refractivity contribution in [1.29, 1.82) is 5.41 Å². The summed E-state index contributed by atoms with van der Waals surface area (Å²) in [5.41, 5.74) is 8.55. The number of amides is 2. The molecule has 2 atom stereocenters. The molecule has 4 aromatic carbocycles. The van der Waals surface area contributed by atoms with E-state index < -0.39 is 6.04 Å². The van der Waals surface area contributed by atoms with Crippen LogP contribution in [0.4, 0.5) is 0 Å². The van der Waals surface area contributed by atoms with Crippen molar-refractivity contribution < 1.29 is 9.59 Å². The van der Waals surface area contributed by atoms with Crippen LogP contribution < -0.4 is 21.7 Å². The molecule has 0 unspecified atom stereocenters. The fraction of sp³-hybridized carbons (Fsp3) is 0.286. The topological polar surface area (TPSA) is 123 Å². The van der Waals surface area contributed by atoms with Gasteiger partial charge >= 0.3 is 0 Å². The van der Waals surface area contributed by atoms with Gasteiger partial charge in [-0.1, -0.05) is 103 Å². The van der Waals surface area contributed by atoms with Crippen molar-refractivity contribution in [2.75, 3.05) is 19.6 Å². The van der Waals surface area contributed by atoms with E-state index in [1.807, 2.05) is 65.6 Å². The molecule has 5 rings (SSSR count). The Labute approximate surface area is 253 Å². The number of fused-ring (bicyclic) bond motifs is 1. The van der Waals surface area contributed by atoms with Gasteiger partial charge in [-0.3, -0.25) is 15.0 Å². The second kappa shape index (κ2) is 14.5. The van der Waals surface area contributed by atoms with E-state index in [2.05, 4.69) is 58.4 Å². The molecule has 0 bridgehead atoms. The molecule has 8 heteroatoms. The highest BCUT2D eigenvalue weighted by molar-refractivity contribution is 5.85. The average Bonchev–Trinajstić information content (AvgIpc) is 3.18. The fourth-order valence-electron chi connectivity index (χ4n) is 5.85. The third-order valence-corrected chi connectivity index (χ3v) is 7.99. The summed E-state index contributed by atoms with van der Waals surface area (Å²) in [6.07, 6.45) is 2.24. The van der Waals surface area contributed by atoms with Crippen LogP contribution in [-0.4, -0.2) is 54.4 Å². The predicted octanol–water partition coefficient (Wildman–Crippen LogP) is 4.11. The van der Waals surface area contributed by atoms with E-state index >= 15 is 0 Å². The van der Waals surface area contributed by atoms with Gasteiger partial charge in [-0.2, -0.15) is 0 Å². The molecular weight excluding hydrogens is 536 g/mol. The number of nitrogens with zero attached hydrogens (tertiary/aromatic N) is 1. The molecule has 0 aliphatic carbocycles. The maximum atomic E-state index is 14.2. The Morgan fingerprint density at radius 3 is 2.23 bits per heavy atom. The molecule has 1 saturated heterocycles. The molecule has 0 spiro atoms. The van der Waals surface area contributed by atoms with Crippen LogP contribution in [0.5, 0.6) is 0 Å². The van der Waals surface area contributed by atoms with Crippen molar-refractivity contribution in [2.45, 2.75) is 43.8 Å². The zero-order valence-electron chi connectivity index (χ0n) is 24.3. The Morgan fingerprint density at radius 1 is 0.907 bits per heavy atom. The van der Waals surface area contributed by atoms with Crippen LogP contribution in [0.15, 0.2) is 103 Å². The number of benzene rings is 4. The van der Waals surface area contributed by atoms with E-state index in [-0.39, 0.29) is 29.9 Å². The number of nitrogens with two attached hydrogens (primary N) is 1. The van der Waals surface area contributed by atoms with Gasteiger partial charge in [-0.25, -0.2) is 0 Å². The molecular formula is C35H40N6O2. The number of carbonyl (C=O) groups excluding carboxylic acids is 2. The van der Waals surface area contributed by atoms with Crippen molar-refractivity contribution in [3.63, 3.8) is 0 Å². The Kier molecular flexibility index (Phi) is 10.0. The summed E-state index contributed by atoms with van der Waals surface area (Å²) in [6.45, 7) is 1.49. The zero-order valence-corrected chi connectivity index (χ0v) is 24.3. The van der Waals surface area contributed by atoms with Crippen LogP contribution >= 0.6 is 0 Å². The van der Waals surface area contributed by atoms with Crippen LogP contribution in [0, 0.1) is 5.41 Å². The lowest BCUT2D eigenvalue weighted by atomic mass is 9.96. The SMILES string of the molecule is N=C(N)NCCC[C@@H]1N[C@@H](CNC(=O)Cc2ccc3ccccc3c2)CCN(C(c2ccccc2)c2ccccc2)C1=O. The van der Waals surface area contributed by atoms with Gasteiger partial charge in [0.15, 0.2) is 5.96 Å². The van der Waals surface area contributed by atoms with Crippen molar-refractivity contribution in [2.24, 2.45) is 5.73 Å². The number of guanidine groups is 1. The van der Waals surface area contributed by atoms with Crippen LogP contribution in [0.1, 0.15) is 42.0 Å². The summed E-state index contributed by atoms with van der Waals surface area (Å²) < 4.78 is 0. The standard InChI is InChI=1S/C35H40N6O2/c36-35(37)38-20-9-16-31-34(43)41(33(27-11-3-1-4-12-27)28-13-5-2-6-14-28)21-19-30(40-31)24-39-32(42)23-25-17-18-26-10-7-8-15-29(26)22-25/h1-8,10-15,17-18,22,30-31,33,40H,9,16,19-21,23-24H2,(H,39,42)(H4,36,37,38)/t30-,31+/m1/s1. The van der Waals surface area contributed by atoms with E-state index in [0.717, 1.165) is 27.5 Å². The maximum Gasteiger partial charge on any atom is 0.240 e. The first-order chi connectivity index (χ1) is 21.0. The monoisotopic (exact) mass is 576 g/mol. The summed E-state index contributed by atoms with van der Waals surface area (Å²) >= 11 is 0. The first-order valence-corrected chi connectivity index (χ1v) is 15.0. The van der Waals surface area contributed by atoms with E-state index in [0.29, 0.717) is 45.3 Å². The van der Waals surface area contributed by atoms with Gasteiger partial charge in [0.05, 0.1) is 18.5 Å². The van der Waals surface area contributed by atoms with Gasteiger partial charge < -0.3 is 26.6 Å². The Balaban J connectivity index is 1.31. The maximum absolute atomic E-state index is 14.2. The number of rotatable bonds is 11. The van der Waals surface area contributed by atoms with Gasteiger partial charge in [0.2, 0.25) is 11.8 Å². The molecule has 1 heterocycles. The number of hydrogen-bond donors (Lipinski definition) is 5. The smallest absolute Gasteiger partial charge is 0.240 e. The van der Waals surface area contributed by atoms with Crippen molar-refractivity contribution in [3.05, 3.63) is 120 Å². The molecule has 8 nitrogen and oxygen atoms in total. The second-order valence-electron chi connectivity index (χ2n) is 11.1. The minimum Gasteiger partial charge on any atom is -0.370 e. The minimum atomic E-state index is -0.437. The molecule has 1 fully saturated rings. The molecule has 0 aromatic heterocycles. The van der Waals surface area contributed by atoms with Crippen LogP contribution in [0.25, 0.3) is 10.8 Å². The number of hydrogen-bond acceptors (Lipinski definition) is 4. The molecule has 2 amide bonds. The van der Waals surface area contributed by atoms with Crippen molar-refractivity contribution in [3.8, 4) is 0 Å². The Morgan fingerprint density at radius 2 is 1.56 bits per heavy atom. The van der Waals surface area contributed by atoms with E-state index in [1.54, 1.807) is 0 Å². The van der Waals surface area contributed by atoms with Crippen molar-refractivity contribution >= 4 is 28.5 Å². The highest BCUT2D eigenvalue weighted by Crippen LogP contribution is 2.31. The summed E-state index contributed by atoms with van der Waals surface area (Å²) in [5, 5.41) is 19.2. The van der Waals surface area contributed by atoms with Gasteiger partial charge in [0.1, 0.15) is 0 Å². The highest BCUT2D eigenvalue weighted by Gasteiger charge is 2.35. The molecule has 6 N–H and O–H groups in total. The molecule has 1 aliphatic rings. The first kappa shape index (κ1) is 29.8. The average molecular weight is 577 g/mol. The minimum absolute atomic E-state index is 0.0329. The zero-order chi connectivity index (χ0) is 30.0. The molecule has 222 valence electrons. The molecule has 0 saturated carbocycles. The summed E-state index contributed by atoms with van der Waals surface area (Å²) in [6, 6.07) is 33.8. The highest BCUT2D eigenvalue weighted by atomic mass is 16.2. The molecule has 0 radical (unpaired) electrons. The van der Waals surface area contributed by atoms with E-state index in [4.69, 9.17) is 11.1 Å².